The van der Waals surface area contributed by atoms with E-state index < -0.39 is 5.54 Å². The molecule has 0 saturated carbocycles. The van der Waals surface area contributed by atoms with Crippen LogP contribution in [0.5, 0.6) is 0 Å². The predicted molar refractivity (Wildman–Crippen MR) is 68.3 cm³/mol. The van der Waals surface area contributed by atoms with E-state index in [2.05, 4.69) is 0 Å². The quantitative estimate of drug-likeness (QED) is 0.756. The molecule has 16 heavy (non-hydrogen) atoms. The highest BCUT2D eigenvalue weighted by Crippen LogP contribution is 2.22. The van der Waals surface area contributed by atoms with Gasteiger partial charge < -0.3 is 0 Å². The molecule has 0 amide bonds. The predicted octanol–water partition coefficient (Wildman–Crippen LogP) is 3.17. The number of ketones is 1. The molecule has 0 radical (unpaired) electrons. The van der Waals surface area contributed by atoms with Crippen molar-refractivity contribution >= 4 is 17.4 Å². The summed E-state index contributed by atoms with van der Waals surface area (Å²) in [5.74, 6) is 0.0828. The highest BCUT2D eigenvalue weighted by molar-refractivity contribution is 6.31. The van der Waals surface area contributed by atoms with Gasteiger partial charge in [-0.1, -0.05) is 23.7 Å². The van der Waals surface area contributed by atoms with Gasteiger partial charge in [0.2, 0.25) is 0 Å². The Morgan fingerprint density at radius 3 is 2.31 bits per heavy atom. The summed E-state index contributed by atoms with van der Waals surface area (Å²) in [5, 5.41) is 0.639. The lowest BCUT2D eigenvalue weighted by molar-refractivity contribution is 0.0755. The van der Waals surface area contributed by atoms with Crippen LogP contribution in [-0.4, -0.2) is 30.3 Å². The molecule has 88 valence electrons. The SMILES string of the molecule is Cc1ccc(C(=O)C(C)(C)N(C)C)cc1Cl. The number of halogens is 1. The minimum Gasteiger partial charge on any atom is -0.297 e. The summed E-state index contributed by atoms with van der Waals surface area (Å²) < 4.78 is 0. The number of carbonyl (C=O) groups excluding carboxylic acids is 1. The third kappa shape index (κ3) is 2.45. The second-order valence-electron chi connectivity index (χ2n) is 4.75. The summed E-state index contributed by atoms with van der Waals surface area (Å²) in [5.41, 5.74) is 1.13. The van der Waals surface area contributed by atoms with E-state index in [9.17, 15) is 4.79 Å². The molecule has 2 nitrogen and oxygen atoms in total. The largest absolute Gasteiger partial charge is 0.297 e. The summed E-state index contributed by atoms with van der Waals surface area (Å²) in [6.07, 6.45) is 0. The summed E-state index contributed by atoms with van der Waals surface area (Å²) in [6, 6.07) is 5.45. The number of hydrogen-bond donors (Lipinski definition) is 0. The Morgan fingerprint density at radius 1 is 1.31 bits per heavy atom. The van der Waals surface area contributed by atoms with Crippen molar-refractivity contribution in [1.29, 1.82) is 0 Å². The van der Waals surface area contributed by atoms with Crippen molar-refractivity contribution < 1.29 is 4.79 Å². The summed E-state index contributed by atoms with van der Waals surface area (Å²) in [7, 11) is 3.79. The van der Waals surface area contributed by atoms with Crippen molar-refractivity contribution in [2.45, 2.75) is 26.3 Å². The van der Waals surface area contributed by atoms with E-state index in [0.717, 1.165) is 5.56 Å². The van der Waals surface area contributed by atoms with Crippen LogP contribution >= 0.6 is 11.6 Å². The lowest BCUT2D eigenvalue weighted by Gasteiger charge is -2.31. The molecule has 0 aliphatic carbocycles. The monoisotopic (exact) mass is 239 g/mol. The van der Waals surface area contributed by atoms with Crippen LogP contribution in [0.1, 0.15) is 29.8 Å². The number of aryl methyl sites for hydroxylation is 1. The average Bonchev–Trinajstić information content (AvgIpc) is 2.20. The van der Waals surface area contributed by atoms with E-state index in [1.807, 2.05) is 51.9 Å². The highest BCUT2D eigenvalue weighted by Gasteiger charge is 2.30. The fourth-order valence-electron chi connectivity index (χ4n) is 1.29. The van der Waals surface area contributed by atoms with Crippen LogP contribution in [0.4, 0.5) is 0 Å². The van der Waals surface area contributed by atoms with Gasteiger partial charge in [0.25, 0.3) is 0 Å². The molecular formula is C13H18ClNO. The van der Waals surface area contributed by atoms with E-state index in [0.29, 0.717) is 10.6 Å². The molecule has 0 aliphatic heterocycles. The number of likely N-dealkylation sites (N-methyl/N-ethyl adjacent to an activating group) is 1. The van der Waals surface area contributed by atoms with E-state index in [-0.39, 0.29) is 5.78 Å². The molecule has 1 rings (SSSR count). The molecule has 0 unspecified atom stereocenters. The van der Waals surface area contributed by atoms with E-state index in [1.165, 1.54) is 0 Å². The summed E-state index contributed by atoms with van der Waals surface area (Å²) in [6.45, 7) is 5.74. The standard InChI is InChI=1S/C13H18ClNO/c1-9-6-7-10(8-11(9)14)12(16)13(2,3)15(4)5/h6-8H,1-5H3. The van der Waals surface area contributed by atoms with Gasteiger partial charge in [-0.05, 0) is 46.5 Å². The summed E-state index contributed by atoms with van der Waals surface area (Å²) in [4.78, 5) is 14.2. The second kappa shape index (κ2) is 4.56. The molecule has 0 saturated heterocycles. The average molecular weight is 240 g/mol. The van der Waals surface area contributed by atoms with Crippen LogP contribution in [0, 0.1) is 6.92 Å². The Hall–Kier alpha value is -0.860. The van der Waals surface area contributed by atoms with Gasteiger partial charge in [-0.25, -0.2) is 0 Å². The molecule has 0 spiro atoms. The molecule has 0 fully saturated rings. The highest BCUT2D eigenvalue weighted by atomic mass is 35.5. The number of benzene rings is 1. The van der Waals surface area contributed by atoms with Gasteiger partial charge in [0.1, 0.15) is 0 Å². The number of hydrogen-bond acceptors (Lipinski definition) is 2. The topological polar surface area (TPSA) is 20.3 Å². The lowest BCUT2D eigenvalue weighted by Crippen LogP contribution is -2.45. The van der Waals surface area contributed by atoms with E-state index in [1.54, 1.807) is 6.07 Å². The van der Waals surface area contributed by atoms with Crippen LogP contribution in [0.15, 0.2) is 18.2 Å². The van der Waals surface area contributed by atoms with Gasteiger partial charge in [-0.2, -0.15) is 0 Å². The van der Waals surface area contributed by atoms with Crippen LogP contribution < -0.4 is 0 Å². The first-order valence-corrected chi connectivity index (χ1v) is 5.63. The van der Waals surface area contributed by atoms with Crippen molar-refractivity contribution in [3.63, 3.8) is 0 Å². The maximum Gasteiger partial charge on any atom is 0.182 e. The molecule has 0 aromatic heterocycles. The number of rotatable bonds is 3. The molecular weight excluding hydrogens is 222 g/mol. The maximum atomic E-state index is 12.3. The third-order valence-corrected chi connectivity index (χ3v) is 3.51. The Kier molecular flexibility index (Phi) is 3.76. The molecule has 0 aliphatic rings. The first-order valence-electron chi connectivity index (χ1n) is 5.25. The zero-order chi connectivity index (χ0) is 12.5. The van der Waals surface area contributed by atoms with Gasteiger partial charge in [-0.3, -0.25) is 9.69 Å². The van der Waals surface area contributed by atoms with E-state index >= 15 is 0 Å². The zero-order valence-corrected chi connectivity index (χ0v) is 11.2. The zero-order valence-electron chi connectivity index (χ0n) is 10.5. The number of Topliss-reactive ketones (excluding diaryl/α,β-unsaturated/α-hetero) is 1. The number of nitrogens with zero attached hydrogens (tertiary/aromatic N) is 1. The first-order chi connectivity index (χ1) is 7.26. The minimum absolute atomic E-state index is 0.0828. The van der Waals surface area contributed by atoms with Gasteiger partial charge in [0.15, 0.2) is 5.78 Å². The van der Waals surface area contributed by atoms with Crippen molar-refractivity contribution in [2.75, 3.05) is 14.1 Å². The Labute approximate surface area is 102 Å². The van der Waals surface area contributed by atoms with Crippen LogP contribution in [0.2, 0.25) is 5.02 Å². The molecule has 3 heteroatoms. The van der Waals surface area contributed by atoms with Crippen molar-refractivity contribution in [2.24, 2.45) is 0 Å². The van der Waals surface area contributed by atoms with Gasteiger partial charge >= 0.3 is 0 Å². The molecule has 1 aromatic rings. The minimum atomic E-state index is -0.515. The molecule has 1 aromatic carbocycles. The fourth-order valence-corrected chi connectivity index (χ4v) is 1.47. The second-order valence-corrected chi connectivity index (χ2v) is 5.15. The van der Waals surface area contributed by atoms with Crippen molar-refractivity contribution in [1.82, 2.24) is 4.90 Å². The summed E-state index contributed by atoms with van der Waals surface area (Å²) >= 11 is 6.02. The Bertz CT molecular complexity index is 410. The van der Waals surface area contributed by atoms with Gasteiger partial charge in [-0.15, -0.1) is 0 Å². The van der Waals surface area contributed by atoms with Gasteiger partial charge in [0.05, 0.1) is 5.54 Å². The van der Waals surface area contributed by atoms with Crippen LogP contribution in [0.3, 0.4) is 0 Å². The van der Waals surface area contributed by atoms with E-state index in [4.69, 9.17) is 11.6 Å². The normalized spacial score (nSPS) is 11.9. The van der Waals surface area contributed by atoms with Crippen molar-refractivity contribution in [3.8, 4) is 0 Å². The lowest BCUT2D eigenvalue weighted by atomic mass is 9.92. The molecule has 0 bridgehead atoms. The van der Waals surface area contributed by atoms with Crippen LogP contribution in [0.25, 0.3) is 0 Å². The Balaban J connectivity index is 3.11. The van der Waals surface area contributed by atoms with Gasteiger partial charge in [0, 0.05) is 10.6 Å². The Morgan fingerprint density at radius 2 is 1.88 bits per heavy atom. The molecule has 0 N–H and O–H groups in total. The first kappa shape index (κ1) is 13.2. The number of carbonyl (C=O) groups is 1. The third-order valence-electron chi connectivity index (χ3n) is 3.11. The molecule has 0 heterocycles. The molecule has 0 atom stereocenters. The fraction of sp³-hybridized carbons (Fsp3) is 0.462. The van der Waals surface area contributed by atoms with Crippen LogP contribution in [-0.2, 0) is 0 Å². The maximum absolute atomic E-state index is 12.3. The van der Waals surface area contributed by atoms with Crippen molar-refractivity contribution in [3.05, 3.63) is 34.3 Å². The smallest absolute Gasteiger partial charge is 0.182 e.